The monoisotopic (exact) mass is 188 g/mol. The van der Waals surface area contributed by atoms with Crippen molar-refractivity contribution in [2.75, 3.05) is 11.9 Å². The Kier molecular flexibility index (Phi) is 2.48. The first kappa shape index (κ1) is 9.56. The number of hydrogen-bond acceptors (Lipinski definition) is 3. The van der Waals surface area contributed by atoms with Gasteiger partial charge in [-0.25, -0.2) is 0 Å². The minimum Gasteiger partial charge on any atom is -0.390 e. The largest absolute Gasteiger partial charge is 0.390 e. The summed E-state index contributed by atoms with van der Waals surface area (Å²) in [4.78, 5) is 0. The molecule has 2 atom stereocenters. The highest BCUT2D eigenvalue weighted by Gasteiger charge is 2.25. The fourth-order valence-corrected chi connectivity index (χ4v) is 1.81. The predicted molar refractivity (Wildman–Crippen MR) is 58.0 cm³/mol. The Morgan fingerprint density at radius 2 is 2.43 bits per heavy atom. The van der Waals surface area contributed by atoms with Crippen LogP contribution in [0.2, 0.25) is 0 Å². The summed E-state index contributed by atoms with van der Waals surface area (Å²) < 4.78 is 0. The molecule has 0 fully saturated rings. The number of hydrogen-bond donors (Lipinski definition) is 3. The third kappa shape index (κ3) is 1.63. The van der Waals surface area contributed by atoms with Gasteiger partial charge < -0.3 is 16.2 Å². The predicted octanol–water partition coefficient (Wildman–Crippen LogP) is -0.863. The van der Waals surface area contributed by atoms with Gasteiger partial charge in [0.1, 0.15) is 7.85 Å². The number of benzene rings is 1. The average Bonchev–Trinajstić information content (AvgIpc) is 2.59. The van der Waals surface area contributed by atoms with E-state index >= 15 is 0 Å². The molecular formula is C10H13BN2O. The van der Waals surface area contributed by atoms with Crippen molar-refractivity contribution < 1.29 is 5.11 Å². The highest BCUT2D eigenvalue weighted by molar-refractivity contribution is 6.32. The molecule has 14 heavy (non-hydrogen) atoms. The third-order valence-corrected chi connectivity index (χ3v) is 2.62. The molecule has 2 rings (SSSR count). The first-order chi connectivity index (χ1) is 6.70. The Bertz CT molecular complexity index is 343. The van der Waals surface area contributed by atoms with Gasteiger partial charge in [0.25, 0.3) is 0 Å². The van der Waals surface area contributed by atoms with Gasteiger partial charge in [-0.1, -0.05) is 17.6 Å². The minimum absolute atomic E-state index is 0.0248. The van der Waals surface area contributed by atoms with E-state index in [9.17, 15) is 5.11 Å². The summed E-state index contributed by atoms with van der Waals surface area (Å²) in [6, 6.07) is 5.75. The Hall–Kier alpha value is -0.995. The lowest BCUT2D eigenvalue weighted by molar-refractivity contribution is 0.162. The van der Waals surface area contributed by atoms with Crippen molar-refractivity contribution in [2.24, 2.45) is 5.73 Å². The number of nitrogens with two attached hydrogens (primary N) is 1. The molecule has 1 aliphatic heterocycles. The Morgan fingerprint density at radius 1 is 1.64 bits per heavy atom. The quantitative estimate of drug-likeness (QED) is 0.529. The number of rotatable bonds is 2. The second-order valence-corrected chi connectivity index (χ2v) is 3.67. The van der Waals surface area contributed by atoms with Crippen molar-refractivity contribution in [1.82, 2.24) is 0 Å². The van der Waals surface area contributed by atoms with Gasteiger partial charge in [0.05, 0.1) is 12.1 Å². The molecule has 4 heteroatoms. The lowest BCUT2D eigenvalue weighted by atomic mass is 9.93. The van der Waals surface area contributed by atoms with Crippen LogP contribution in [-0.4, -0.2) is 31.6 Å². The van der Waals surface area contributed by atoms with Crippen molar-refractivity contribution in [2.45, 2.75) is 18.6 Å². The number of aliphatic hydroxyl groups excluding tert-OH is 1. The van der Waals surface area contributed by atoms with Crippen LogP contribution in [0.3, 0.4) is 0 Å². The van der Waals surface area contributed by atoms with Crippen molar-refractivity contribution >= 4 is 19.0 Å². The van der Waals surface area contributed by atoms with Gasteiger partial charge in [0.2, 0.25) is 0 Å². The molecule has 1 heterocycles. The summed E-state index contributed by atoms with van der Waals surface area (Å²) in [5.41, 5.74) is 8.37. The van der Waals surface area contributed by atoms with E-state index in [0.717, 1.165) is 23.1 Å². The third-order valence-electron chi connectivity index (χ3n) is 2.62. The first-order valence-electron chi connectivity index (χ1n) is 4.74. The zero-order chi connectivity index (χ0) is 10.1. The van der Waals surface area contributed by atoms with E-state index in [1.54, 1.807) is 0 Å². The molecule has 72 valence electrons. The van der Waals surface area contributed by atoms with Gasteiger partial charge >= 0.3 is 0 Å². The van der Waals surface area contributed by atoms with Crippen LogP contribution < -0.4 is 16.5 Å². The molecular weight excluding hydrogens is 175 g/mol. The number of aliphatic hydroxyl groups is 1. The first-order valence-corrected chi connectivity index (χ1v) is 4.74. The second-order valence-electron chi connectivity index (χ2n) is 3.67. The molecule has 0 aromatic heterocycles. The van der Waals surface area contributed by atoms with Gasteiger partial charge in [-0.3, -0.25) is 0 Å². The van der Waals surface area contributed by atoms with Crippen LogP contribution in [0.4, 0.5) is 5.69 Å². The van der Waals surface area contributed by atoms with Gasteiger partial charge in [-0.15, -0.1) is 0 Å². The van der Waals surface area contributed by atoms with Crippen molar-refractivity contribution in [3.05, 3.63) is 23.8 Å². The maximum Gasteiger partial charge on any atom is 0.113 e. The van der Waals surface area contributed by atoms with E-state index < -0.39 is 6.10 Å². The Labute approximate surface area is 84.7 Å². The van der Waals surface area contributed by atoms with Crippen LogP contribution in [0.5, 0.6) is 0 Å². The molecule has 0 amide bonds. The molecule has 0 spiro atoms. The molecule has 3 nitrogen and oxygen atoms in total. The van der Waals surface area contributed by atoms with E-state index in [-0.39, 0.29) is 12.6 Å². The van der Waals surface area contributed by atoms with Gasteiger partial charge in [-0.05, 0) is 18.1 Å². The van der Waals surface area contributed by atoms with Crippen LogP contribution in [-0.2, 0) is 6.42 Å². The summed E-state index contributed by atoms with van der Waals surface area (Å²) in [6.07, 6.45) is 0.294. The molecule has 1 aliphatic rings. The smallest absolute Gasteiger partial charge is 0.113 e. The SMILES string of the molecule is [B]c1ccc2c(c1)CC(C(O)CN)N2. The zero-order valence-corrected chi connectivity index (χ0v) is 7.90. The van der Waals surface area contributed by atoms with Crippen LogP contribution in [0.15, 0.2) is 18.2 Å². The van der Waals surface area contributed by atoms with Crippen LogP contribution in [0, 0.1) is 0 Å². The summed E-state index contributed by atoms with van der Waals surface area (Å²) in [6.45, 7) is 0.279. The summed E-state index contributed by atoms with van der Waals surface area (Å²) >= 11 is 0. The highest BCUT2D eigenvalue weighted by Crippen LogP contribution is 2.25. The molecule has 0 saturated carbocycles. The fraction of sp³-hybridized carbons (Fsp3) is 0.400. The Morgan fingerprint density at radius 3 is 3.14 bits per heavy atom. The molecule has 4 N–H and O–H groups in total. The van der Waals surface area contributed by atoms with Gasteiger partial charge in [0, 0.05) is 12.2 Å². The molecule has 2 radical (unpaired) electrons. The topological polar surface area (TPSA) is 58.3 Å². The van der Waals surface area contributed by atoms with Crippen LogP contribution >= 0.6 is 0 Å². The standard InChI is InChI=1S/C10H13BN2O/c11-7-1-2-8-6(3-7)4-9(13-8)10(14)5-12/h1-3,9-10,13-14H,4-5,12H2. The van der Waals surface area contributed by atoms with E-state index in [1.165, 1.54) is 0 Å². The molecule has 2 unspecified atom stereocenters. The van der Waals surface area contributed by atoms with E-state index in [0.29, 0.717) is 0 Å². The van der Waals surface area contributed by atoms with Gasteiger partial charge in [-0.2, -0.15) is 0 Å². The lowest BCUT2D eigenvalue weighted by Crippen LogP contribution is -2.37. The summed E-state index contributed by atoms with van der Waals surface area (Å²) in [7, 11) is 5.67. The van der Waals surface area contributed by atoms with Crippen LogP contribution in [0.25, 0.3) is 0 Å². The molecule has 0 saturated heterocycles. The summed E-state index contributed by atoms with van der Waals surface area (Å²) in [5, 5.41) is 12.8. The molecule has 1 aromatic carbocycles. The lowest BCUT2D eigenvalue weighted by Gasteiger charge is -2.16. The molecule has 0 bridgehead atoms. The van der Waals surface area contributed by atoms with Crippen LogP contribution in [0.1, 0.15) is 5.56 Å². The van der Waals surface area contributed by atoms with Crippen molar-refractivity contribution in [3.63, 3.8) is 0 Å². The van der Waals surface area contributed by atoms with E-state index in [4.69, 9.17) is 13.6 Å². The minimum atomic E-state index is -0.497. The maximum atomic E-state index is 9.58. The molecule has 1 aromatic rings. The fourth-order valence-electron chi connectivity index (χ4n) is 1.81. The van der Waals surface area contributed by atoms with Crippen molar-refractivity contribution in [3.8, 4) is 0 Å². The van der Waals surface area contributed by atoms with E-state index in [2.05, 4.69) is 5.32 Å². The highest BCUT2D eigenvalue weighted by atomic mass is 16.3. The van der Waals surface area contributed by atoms with Gasteiger partial charge in [0.15, 0.2) is 0 Å². The number of nitrogens with one attached hydrogen (secondary N) is 1. The number of fused-ring (bicyclic) bond motifs is 1. The molecule has 0 aliphatic carbocycles. The summed E-state index contributed by atoms with van der Waals surface area (Å²) in [5.74, 6) is 0. The Balaban J connectivity index is 2.17. The number of anilines is 1. The second kappa shape index (κ2) is 3.63. The zero-order valence-electron chi connectivity index (χ0n) is 7.90. The van der Waals surface area contributed by atoms with E-state index in [1.807, 2.05) is 18.2 Å². The normalized spacial score (nSPS) is 21.4. The van der Waals surface area contributed by atoms with Crippen molar-refractivity contribution in [1.29, 1.82) is 0 Å². The maximum absolute atomic E-state index is 9.58. The average molecular weight is 188 g/mol.